The van der Waals surface area contributed by atoms with E-state index in [0.717, 1.165) is 11.3 Å². The van der Waals surface area contributed by atoms with Crippen LogP contribution in [0.25, 0.3) is 11.1 Å². The zero-order chi connectivity index (χ0) is 19.2. The Kier molecular flexibility index (Phi) is 4.36. The number of nitrogens with zero attached hydrogens (tertiary/aromatic N) is 3. The highest BCUT2D eigenvalue weighted by atomic mass is 32.2. The van der Waals surface area contributed by atoms with Crippen molar-refractivity contribution in [3.63, 3.8) is 0 Å². The number of amides is 1. The lowest BCUT2D eigenvalue weighted by Crippen LogP contribution is -2.21. The normalized spacial score (nSPS) is 11.7. The number of carbonyl (C=O) groups excluding carboxylic acids is 1. The van der Waals surface area contributed by atoms with Crippen molar-refractivity contribution in [3.8, 4) is 0 Å². The molecule has 0 spiro atoms. The van der Waals surface area contributed by atoms with E-state index in [1.807, 2.05) is 0 Å². The summed E-state index contributed by atoms with van der Waals surface area (Å²) in [5.74, 6) is -0.831. The SMILES string of the molecule is Cc1nc(NS(=O)(=O)c2ccc3c(c2)oc(=O)n3C)sc1C(=O)N(C)C. The van der Waals surface area contributed by atoms with E-state index in [1.54, 1.807) is 21.0 Å². The van der Waals surface area contributed by atoms with Gasteiger partial charge < -0.3 is 9.32 Å². The van der Waals surface area contributed by atoms with Crippen LogP contribution < -0.4 is 10.5 Å². The molecule has 1 amide bonds. The molecule has 2 aromatic heterocycles. The van der Waals surface area contributed by atoms with E-state index in [1.165, 1.54) is 34.7 Å². The highest BCUT2D eigenvalue weighted by Gasteiger charge is 2.22. The van der Waals surface area contributed by atoms with Gasteiger partial charge in [0.15, 0.2) is 10.7 Å². The Balaban J connectivity index is 1.96. The van der Waals surface area contributed by atoms with Crippen molar-refractivity contribution >= 4 is 43.5 Å². The molecule has 3 aromatic rings. The summed E-state index contributed by atoms with van der Waals surface area (Å²) >= 11 is 0.958. The molecule has 0 aliphatic heterocycles. The fraction of sp³-hybridized carbons (Fsp3) is 0.267. The Morgan fingerprint density at radius 1 is 1.35 bits per heavy atom. The number of oxazole rings is 1. The summed E-state index contributed by atoms with van der Waals surface area (Å²) in [5, 5.41) is 0.0855. The maximum absolute atomic E-state index is 12.6. The van der Waals surface area contributed by atoms with Crippen LogP contribution in [-0.2, 0) is 17.1 Å². The predicted octanol–water partition coefficient (Wildman–Crippen LogP) is 1.40. The third-order valence-electron chi connectivity index (χ3n) is 3.69. The van der Waals surface area contributed by atoms with Gasteiger partial charge in [0.2, 0.25) is 0 Å². The highest BCUT2D eigenvalue weighted by Crippen LogP contribution is 2.26. The molecule has 1 aromatic carbocycles. The van der Waals surface area contributed by atoms with E-state index in [-0.39, 0.29) is 21.5 Å². The van der Waals surface area contributed by atoms with Crippen LogP contribution in [0.15, 0.2) is 32.3 Å². The van der Waals surface area contributed by atoms with E-state index >= 15 is 0 Å². The second-order valence-corrected chi connectivity index (χ2v) is 8.48. The number of rotatable bonds is 4. The number of fused-ring (bicyclic) bond motifs is 1. The average molecular weight is 396 g/mol. The van der Waals surface area contributed by atoms with E-state index < -0.39 is 15.8 Å². The maximum atomic E-state index is 12.6. The predicted molar refractivity (Wildman–Crippen MR) is 97.1 cm³/mol. The van der Waals surface area contributed by atoms with E-state index in [2.05, 4.69) is 9.71 Å². The van der Waals surface area contributed by atoms with Crippen LogP contribution >= 0.6 is 11.3 Å². The van der Waals surface area contributed by atoms with Crippen molar-refractivity contribution in [2.24, 2.45) is 7.05 Å². The van der Waals surface area contributed by atoms with Gasteiger partial charge in [0.1, 0.15) is 4.88 Å². The molecule has 0 atom stereocenters. The van der Waals surface area contributed by atoms with Crippen LogP contribution in [0.5, 0.6) is 0 Å². The summed E-state index contributed by atoms with van der Waals surface area (Å²) in [7, 11) is 0.785. The zero-order valence-corrected chi connectivity index (χ0v) is 16.1. The molecule has 0 bridgehead atoms. The van der Waals surface area contributed by atoms with Crippen molar-refractivity contribution in [3.05, 3.63) is 39.3 Å². The first-order chi connectivity index (χ1) is 12.1. The first-order valence-corrected chi connectivity index (χ1v) is 9.71. The van der Waals surface area contributed by atoms with Crippen molar-refractivity contribution in [2.45, 2.75) is 11.8 Å². The van der Waals surface area contributed by atoms with Gasteiger partial charge in [-0.1, -0.05) is 11.3 Å². The average Bonchev–Trinajstić information content (AvgIpc) is 3.05. The third kappa shape index (κ3) is 3.10. The Morgan fingerprint density at radius 3 is 2.69 bits per heavy atom. The number of nitrogens with one attached hydrogen (secondary N) is 1. The van der Waals surface area contributed by atoms with Gasteiger partial charge in [-0.3, -0.25) is 14.1 Å². The van der Waals surface area contributed by atoms with Crippen molar-refractivity contribution < 1.29 is 17.6 Å². The molecule has 1 N–H and O–H groups in total. The third-order valence-corrected chi connectivity index (χ3v) is 6.22. The van der Waals surface area contributed by atoms with Gasteiger partial charge in [-0.2, -0.15) is 0 Å². The molecule has 0 saturated heterocycles. The van der Waals surface area contributed by atoms with Gasteiger partial charge in [0.05, 0.1) is 16.1 Å². The second kappa shape index (κ2) is 6.25. The lowest BCUT2D eigenvalue weighted by molar-refractivity contribution is 0.0831. The number of aryl methyl sites for hydroxylation is 2. The van der Waals surface area contributed by atoms with Crippen LogP contribution in [0.1, 0.15) is 15.4 Å². The quantitative estimate of drug-likeness (QED) is 0.713. The van der Waals surface area contributed by atoms with Crippen LogP contribution in [0.4, 0.5) is 5.13 Å². The van der Waals surface area contributed by atoms with Crippen molar-refractivity contribution in [1.29, 1.82) is 0 Å². The fourth-order valence-corrected chi connectivity index (χ4v) is 4.53. The Labute approximate surface area is 152 Å². The fourth-order valence-electron chi connectivity index (χ4n) is 2.30. The first-order valence-electron chi connectivity index (χ1n) is 7.41. The second-order valence-electron chi connectivity index (χ2n) is 5.80. The molecular formula is C15H16N4O5S2. The topological polar surface area (TPSA) is 115 Å². The molecule has 0 unspecified atom stereocenters. The summed E-state index contributed by atoms with van der Waals surface area (Å²) in [5.41, 5.74) is 1.09. The Hall–Kier alpha value is -2.66. The monoisotopic (exact) mass is 396 g/mol. The van der Waals surface area contributed by atoms with Crippen LogP contribution in [0.3, 0.4) is 0 Å². The van der Waals surface area contributed by atoms with E-state index in [9.17, 15) is 18.0 Å². The molecule has 138 valence electrons. The standard InChI is InChI=1S/C15H16N4O5S2/c1-8-12(13(20)18(2)3)25-14(16-8)17-26(22,23)9-5-6-10-11(7-9)24-15(21)19(10)4/h5-7H,1-4H3,(H,16,17). The number of hydrogen-bond donors (Lipinski definition) is 1. The Bertz CT molecular complexity index is 1170. The molecule has 0 radical (unpaired) electrons. The summed E-state index contributed by atoms with van der Waals surface area (Å²) < 4.78 is 33.8. The van der Waals surface area contributed by atoms with E-state index in [0.29, 0.717) is 16.1 Å². The van der Waals surface area contributed by atoms with Gasteiger partial charge in [0, 0.05) is 27.2 Å². The molecule has 3 rings (SSSR count). The maximum Gasteiger partial charge on any atom is 0.419 e. The minimum atomic E-state index is -3.96. The molecular weight excluding hydrogens is 380 g/mol. The molecule has 26 heavy (non-hydrogen) atoms. The molecule has 11 heteroatoms. The number of hydrogen-bond acceptors (Lipinski definition) is 7. The minimum absolute atomic E-state index is 0.0762. The Morgan fingerprint density at radius 2 is 2.04 bits per heavy atom. The van der Waals surface area contributed by atoms with Crippen molar-refractivity contribution in [2.75, 3.05) is 18.8 Å². The summed E-state index contributed by atoms with van der Waals surface area (Å²) in [6, 6.07) is 4.13. The van der Waals surface area contributed by atoms with E-state index in [4.69, 9.17) is 4.42 Å². The number of thiazole rings is 1. The molecule has 9 nitrogen and oxygen atoms in total. The molecule has 0 aliphatic rings. The lowest BCUT2D eigenvalue weighted by Gasteiger charge is -2.07. The van der Waals surface area contributed by atoms with Gasteiger partial charge in [-0.05, 0) is 19.1 Å². The lowest BCUT2D eigenvalue weighted by atomic mass is 10.3. The number of sulfonamides is 1. The van der Waals surface area contributed by atoms with Gasteiger partial charge in [-0.25, -0.2) is 18.2 Å². The van der Waals surface area contributed by atoms with Gasteiger partial charge >= 0.3 is 5.76 Å². The number of carbonyl (C=O) groups is 1. The number of aromatic nitrogens is 2. The first kappa shape index (κ1) is 18.1. The highest BCUT2D eigenvalue weighted by molar-refractivity contribution is 7.93. The van der Waals surface area contributed by atoms with Crippen LogP contribution in [-0.4, -0.2) is 42.9 Å². The van der Waals surface area contributed by atoms with Gasteiger partial charge in [0.25, 0.3) is 15.9 Å². The smallest absolute Gasteiger partial charge is 0.408 e. The van der Waals surface area contributed by atoms with Crippen LogP contribution in [0, 0.1) is 6.92 Å². The number of benzene rings is 1. The molecule has 0 aliphatic carbocycles. The molecule has 0 fully saturated rings. The minimum Gasteiger partial charge on any atom is -0.408 e. The summed E-state index contributed by atoms with van der Waals surface area (Å²) in [6.45, 7) is 1.63. The number of anilines is 1. The molecule has 2 heterocycles. The summed E-state index contributed by atoms with van der Waals surface area (Å²) in [4.78, 5) is 29.4. The zero-order valence-electron chi connectivity index (χ0n) is 14.4. The van der Waals surface area contributed by atoms with Crippen molar-refractivity contribution in [1.82, 2.24) is 14.5 Å². The largest absolute Gasteiger partial charge is 0.419 e. The molecule has 0 saturated carbocycles. The summed E-state index contributed by atoms with van der Waals surface area (Å²) in [6.07, 6.45) is 0. The van der Waals surface area contributed by atoms with Crippen LogP contribution in [0.2, 0.25) is 0 Å². The van der Waals surface area contributed by atoms with Gasteiger partial charge in [-0.15, -0.1) is 0 Å².